The molecule has 0 spiro atoms. The molecule has 0 N–H and O–H groups in total. The smallest absolute Gasteiger partial charge is 0.0714 e. The maximum atomic E-state index is 2.48. The SMILES string of the molecule is C1=CC(c2cccc(N(c3ccc4c(c3)C(c3ccccc3)(c3ccccc3)c3ccccc3-4)c3ccccc3-c3ccccc3-c3ccccc3)c2)=CCC1. The summed E-state index contributed by atoms with van der Waals surface area (Å²) >= 11 is 0. The van der Waals surface area contributed by atoms with Gasteiger partial charge in [0.2, 0.25) is 0 Å². The molecule has 56 heavy (non-hydrogen) atoms. The van der Waals surface area contributed by atoms with E-state index in [1.807, 2.05) is 0 Å². The highest BCUT2D eigenvalue weighted by Crippen LogP contribution is 2.57. The largest absolute Gasteiger partial charge is 0.310 e. The van der Waals surface area contributed by atoms with Crippen LogP contribution in [0.1, 0.15) is 40.7 Å². The molecule has 10 rings (SSSR count). The third kappa shape index (κ3) is 5.63. The number of benzene rings is 8. The van der Waals surface area contributed by atoms with Crippen LogP contribution in [0.4, 0.5) is 17.1 Å². The molecule has 8 aromatic carbocycles. The van der Waals surface area contributed by atoms with E-state index in [0.29, 0.717) is 0 Å². The average Bonchev–Trinajstić information content (AvgIpc) is 3.58. The van der Waals surface area contributed by atoms with Crippen molar-refractivity contribution < 1.29 is 0 Å². The van der Waals surface area contributed by atoms with Gasteiger partial charge < -0.3 is 4.90 Å². The molecular weight excluding hydrogens is 675 g/mol. The molecule has 0 atom stereocenters. The molecule has 0 amide bonds. The molecule has 0 unspecified atom stereocenters. The van der Waals surface area contributed by atoms with Crippen LogP contribution in [-0.4, -0.2) is 0 Å². The summed E-state index contributed by atoms with van der Waals surface area (Å²) < 4.78 is 0. The highest BCUT2D eigenvalue weighted by atomic mass is 15.1. The van der Waals surface area contributed by atoms with E-state index in [0.717, 1.165) is 29.9 Å². The van der Waals surface area contributed by atoms with Crippen LogP contribution in [0.5, 0.6) is 0 Å². The molecule has 0 saturated heterocycles. The third-order valence-electron chi connectivity index (χ3n) is 11.6. The lowest BCUT2D eigenvalue weighted by molar-refractivity contribution is 0.768. The van der Waals surface area contributed by atoms with Gasteiger partial charge in [0.25, 0.3) is 0 Å². The molecule has 0 saturated carbocycles. The number of anilines is 3. The fourth-order valence-electron chi connectivity index (χ4n) is 9.13. The van der Waals surface area contributed by atoms with Gasteiger partial charge in [-0.05, 0) is 104 Å². The second-order valence-electron chi connectivity index (χ2n) is 14.7. The van der Waals surface area contributed by atoms with Crippen molar-refractivity contribution in [2.45, 2.75) is 18.3 Å². The standard InChI is InChI=1S/C55H41N/c1-5-20-40(21-6-1)42-24-19-29-45(38-42)56(54-35-18-16-33-51(54)48-31-14-13-30-47(48)41-22-7-2-8-23-41)46-36-37-50-49-32-15-17-34-52(49)55(53(50)39-46,43-25-9-3-10-26-43)44-27-11-4-12-28-44/h2-5,7-39H,1,6H2. The molecule has 0 bridgehead atoms. The molecule has 266 valence electrons. The van der Waals surface area contributed by atoms with E-state index < -0.39 is 5.41 Å². The Bertz CT molecular complexity index is 2700. The van der Waals surface area contributed by atoms with Crippen LogP contribution in [-0.2, 0) is 5.41 Å². The van der Waals surface area contributed by atoms with Gasteiger partial charge in [0.15, 0.2) is 0 Å². The Labute approximate surface area is 330 Å². The summed E-state index contributed by atoms with van der Waals surface area (Å²) in [5.41, 5.74) is 17.8. The number of allylic oxidation sites excluding steroid dienone is 4. The van der Waals surface area contributed by atoms with Gasteiger partial charge in [-0.2, -0.15) is 0 Å². The number of fused-ring (bicyclic) bond motifs is 3. The first-order valence-corrected chi connectivity index (χ1v) is 19.7. The second-order valence-corrected chi connectivity index (χ2v) is 14.7. The number of hydrogen-bond donors (Lipinski definition) is 0. The first-order chi connectivity index (χ1) is 27.8. The topological polar surface area (TPSA) is 3.24 Å². The van der Waals surface area contributed by atoms with Crippen molar-refractivity contribution in [3.63, 3.8) is 0 Å². The highest BCUT2D eigenvalue weighted by molar-refractivity contribution is 5.96. The van der Waals surface area contributed by atoms with E-state index in [-0.39, 0.29) is 0 Å². The minimum Gasteiger partial charge on any atom is -0.310 e. The fraction of sp³-hybridized carbons (Fsp3) is 0.0545. The molecular formula is C55H41N. The van der Waals surface area contributed by atoms with Gasteiger partial charge in [0, 0.05) is 16.9 Å². The second kappa shape index (κ2) is 14.4. The van der Waals surface area contributed by atoms with Crippen molar-refractivity contribution in [1.82, 2.24) is 0 Å². The van der Waals surface area contributed by atoms with E-state index in [9.17, 15) is 0 Å². The van der Waals surface area contributed by atoms with Crippen LogP contribution < -0.4 is 4.90 Å². The van der Waals surface area contributed by atoms with Crippen LogP contribution >= 0.6 is 0 Å². The molecule has 0 heterocycles. The molecule has 1 heteroatoms. The Hall–Kier alpha value is -6.96. The minimum atomic E-state index is -0.505. The van der Waals surface area contributed by atoms with Crippen LogP contribution in [0.2, 0.25) is 0 Å². The van der Waals surface area contributed by atoms with E-state index in [2.05, 4.69) is 229 Å². The summed E-state index contributed by atoms with van der Waals surface area (Å²) in [7, 11) is 0. The molecule has 0 aromatic heterocycles. The van der Waals surface area contributed by atoms with Crippen LogP contribution in [0.3, 0.4) is 0 Å². The van der Waals surface area contributed by atoms with E-state index in [1.165, 1.54) is 66.8 Å². The number of para-hydroxylation sites is 1. The van der Waals surface area contributed by atoms with Gasteiger partial charge in [0.05, 0.1) is 11.1 Å². The zero-order valence-electron chi connectivity index (χ0n) is 31.2. The van der Waals surface area contributed by atoms with Crippen molar-refractivity contribution in [3.05, 3.63) is 252 Å². The summed E-state index contributed by atoms with van der Waals surface area (Å²) in [6.45, 7) is 0. The Morgan fingerprint density at radius 2 is 0.946 bits per heavy atom. The molecule has 0 aliphatic heterocycles. The van der Waals surface area contributed by atoms with Crippen molar-refractivity contribution in [3.8, 4) is 33.4 Å². The summed E-state index contributed by atoms with van der Waals surface area (Å²) in [5.74, 6) is 0. The van der Waals surface area contributed by atoms with Gasteiger partial charge >= 0.3 is 0 Å². The lowest BCUT2D eigenvalue weighted by Gasteiger charge is -2.35. The molecule has 8 aromatic rings. The van der Waals surface area contributed by atoms with Crippen LogP contribution in [0.25, 0.3) is 39.0 Å². The highest BCUT2D eigenvalue weighted by Gasteiger charge is 2.46. The number of hydrogen-bond acceptors (Lipinski definition) is 1. The lowest BCUT2D eigenvalue weighted by atomic mass is 9.67. The predicted molar refractivity (Wildman–Crippen MR) is 236 cm³/mol. The zero-order valence-corrected chi connectivity index (χ0v) is 31.2. The Morgan fingerprint density at radius 1 is 0.375 bits per heavy atom. The molecule has 0 radical (unpaired) electrons. The molecule has 1 nitrogen and oxygen atoms in total. The summed E-state index contributed by atoms with van der Waals surface area (Å²) in [6.07, 6.45) is 9.09. The van der Waals surface area contributed by atoms with Crippen molar-refractivity contribution in [1.29, 1.82) is 0 Å². The third-order valence-corrected chi connectivity index (χ3v) is 11.6. The van der Waals surface area contributed by atoms with Gasteiger partial charge in [0.1, 0.15) is 0 Å². The van der Waals surface area contributed by atoms with Crippen LogP contribution in [0.15, 0.2) is 224 Å². The van der Waals surface area contributed by atoms with Crippen molar-refractivity contribution in [2.24, 2.45) is 0 Å². The quantitative estimate of drug-likeness (QED) is 0.151. The minimum absolute atomic E-state index is 0.505. The van der Waals surface area contributed by atoms with E-state index >= 15 is 0 Å². The average molecular weight is 716 g/mol. The van der Waals surface area contributed by atoms with Gasteiger partial charge in [-0.3, -0.25) is 0 Å². The summed E-state index contributed by atoms with van der Waals surface area (Å²) in [5, 5.41) is 0. The first kappa shape index (κ1) is 33.6. The Morgan fingerprint density at radius 3 is 1.66 bits per heavy atom. The number of rotatable bonds is 8. The maximum absolute atomic E-state index is 2.48. The van der Waals surface area contributed by atoms with E-state index in [1.54, 1.807) is 0 Å². The van der Waals surface area contributed by atoms with Crippen LogP contribution in [0, 0.1) is 0 Å². The van der Waals surface area contributed by atoms with E-state index in [4.69, 9.17) is 0 Å². The summed E-state index contributed by atoms with van der Waals surface area (Å²) in [4.78, 5) is 2.48. The maximum Gasteiger partial charge on any atom is 0.0714 e. The van der Waals surface area contributed by atoms with Crippen molar-refractivity contribution >= 4 is 22.6 Å². The predicted octanol–water partition coefficient (Wildman–Crippen LogP) is 14.6. The summed E-state index contributed by atoms with van der Waals surface area (Å²) in [6, 6.07) is 75.9. The van der Waals surface area contributed by atoms with Gasteiger partial charge in [-0.25, -0.2) is 0 Å². The van der Waals surface area contributed by atoms with Crippen molar-refractivity contribution in [2.75, 3.05) is 4.90 Å². The lowest BCUT2D eigenvalue weighted by Crippen LogP contribution is -2.28. The molecule has 2 aliphatic carbocycles. The monoisotopic (exact) mass is 715 g/mol. The zero-order chi connectivity index (χ0) is 37.3. The fourth-order valence-corrected chi connectivity index (χ4v) is 9.13. The first-order valence-electron chi connectivity index (χ1n) is 19.7. The Balaban J connectivity index is 1.25. The number of nitrogens with zero attached hydrogens (tertiary/aromatic N) is 1. The molecule has 0 fully saturated rings. The van der Waals surface area contributed by atoms with Gasteiger partial charge in [-0.15, -0.1) is 0 Å². The normalized spacial score (nSPS) is 13.8. The molecule has 2 aliphatic rings. The van der Waals surface area contributed by atoms with Gasteiger partial charge in [-0.1, -0.05) is 194 Å². The Kier molecular flexibility index (Phi) is 8.61.